The highest BCUT2D eigenvalue weighted by atomic mass is 32.1. The van der Waals surface area contributed by atoms with Gasteiger partial charge in [0.05, 0.1) is 17.2 Å². The number of rotatable bonds is 12. The molecule has 0 aliphatic carbocycles. The molecule has 194 valence electrons. The molecule has 1 N–H and O–H groups in total. The lowest BCUT2D eigenvalue weighted by molar-refractivity contribution is -0.136. The van der Waals surface area contributed by atoms with E-state index in [0.717, 1.165) is 49.3 Å². The zero-order chi connectivity index (χ0) is 26.3. The van der Waals surface area contributed by atoms with E-state index in [1.165, 1.54) is 0 Å². The molecule has 0 amide bonds. The molecule has 5 rings (SSSR count). The Morgan fingerprint density at radius 1 is 1.00 bits per heavy atom. The summed E-state index contributed by atoms with van der Waals surface area (Å²) in [6, 6.07) is 20.1. The van der Waals surface area contributed by atoms with Crippen LogP contribution in [0.15, 0.2) is 83.8 Å². The van der Waals surface area contributed by atoms with E-state index in [2.05, 4.69) is 22.2 Å². The largest absolute Gasteiger partial charge is 0.494 e. The number of ether oxygens (including phenoxy) is 2. The molecule has 6 nitrogen and oxygen atoms in total. The Balaban J connectivity index is 1.36. The smallest absolute Gasteiger partial charge is 0.303 e. The van der Waals surface area contributed by atoms with Gasteiger partial charge in [-0.25, -0.2) is 4.98 Å². The molecule has 3 heterocycles. The molecule has 0 radical (unpaired) electrons. The van der Waals surface area contributed by atoms with Crippen molar-refractivity contribution < 1.29 is 19.4 Å². The number of thiophene rings is 1. The van der Waals surface area contributed by atoms with Crippen LogP contribution in [-0.4, -0.2) is 27.2 Å². The van der Waals surface area contributed by atoms with E-state index >= 15 is 0 Å². The standard InChI is InChI=1S/C30H28N2O4S2/c1-2-35-25-13-21(14-26(15-25)36-19-24-20-38-30(31-24)28-9-6-12-37-28)16-32-17-23(10-11-29(33)34)27(18-32)22-7-4-3-5-8-22/h3-9,12-15,17-18,20H,2,10-11,16,19H2,1H3,(H,33,34). The molecule has 8 heteroatoms. The first kappa shape index (κ1) is 25.8. The molecule has 0 saturated carbocycles. The first-order valence-corrected chi connectivity index (χ1v) is 14.2. The summed E-state index contributed by atoms with van der Waals surface area (Å²) in [5.74, 6) is 0.669. The van der Waals surface area contributed by atoms with Gasteiger partial charge in [-0.1, -0.05) is 36.4 Å². The van der Waals surface area contributed by atoms with E-state index in [-0.39, 0.29) is 6.42 Å². The Hall–Kier alpha value is -3.88. The fourth-order valence-corrected chi connectivity index (χ4v) is 5.89. The van der Waals surface area contributed by atoms with Crippen molar-refractivity contribution in [2.45, 2.75) is 32.9 Å². The summed E-state index contributed by atoms with van der Waals surface area (Å²) in [6.45, 7) is 3.49. The van der Waals surface area contributed by atoms with E-state index in [1.54, 1.807) is 22.7 Å². The predicted molar refractivity (Wildman–Crippen MR) is 152 cm³/mol. The normalized spacial score (nSPS) is 11.0. The molecule has 0 atom stereocenters. The number of nitrogens with zero attached hydrogens (tertiary/aromatic N) is 2. The van der Waals surface area contributed by atoms with Crippen LogP contribution in [0, 0.1) is 0 Å². The first-order chi connectivity index (χ1) is 18.6. The van der Waals surface area contributed by atoms with Crippen molar-refractivity contribution in [3.8, 4) is 32.5 Å². The number of hydrogen-bond donors (Lipinski definition) is 1. The molecule has 2 aromatic carbocycles. The minimum atomic E-state index is -0.800. The van der Waals surface area contributed by atoms with Crippen LogP contribution in [-0.2, 0) is 24.4 Å². The van der Waals surface area contributed by atoms with Crippen LogP contribution in [0.5, 0.6) is 11.5 Å². The molecule has 3 aromatic heterocycles. The first-order valence-electron chi connectivity index (χ1n) is 12.4. The van der Waals surface area contributed by atoms with Crippen molar-refractivity contribution >= 4 is 28.6 Å². The Kier molecular flexibility index (Phi) is 8.21. The molecule has 0 bridgehead atoms. The minimum Gasteiger partial charge on any atom is -0.494 e. The topological polar surface area (TPSA) is 73.6 Å². The highest BCUT2D eigenvalue weighted by Gasteiger charge is 2.13. The molecular formula is C30H28N2O4S2. The summed E-state index contributed by atoms with van der Waals surface area (Å²) in [5.41, 5.74) is 5.06. The number of aliphatic carboxylic acids is 1. The van der Waals surface area contributed by atoms with Gasteiger partial charge in [0.25, 0.3) is 0 Å². The van der Waals surface area contributed by atoms with Crippen molar-refractivity contribution in [2.24, 2.45) is 0 Å². The van der Waals surface area contributed by atoms with Gasteiger partial charge in [0.1, 0.15) is 23.1 Å². The van der Waals surface area contributed by atoms with E-state index in [9.17, 15) is 9.90 Å². The van der Waals surface area contributed by atoms with Crippen LogP contribution in [0.3, 0.4) is 0 Å². The van der Waals surface area contributed by atoms with Crippen molar-refractivity contribution in [1.82, 2.24) is 9.55 Å². The van der Waals surface area contributed by atoms with Crippen LogP contribution in [0.1, 0.15) is 30.2 Å². The number of thiazole rings is 1. The van der Waals surface area contributed by atoms with Gasteiger partial charge in [-0.05, 0) is 53.6 Å². The maximum Gasteiger partial charge on any atom is 0.303 e. The lowest BCUT2D eigenvalue weighted by Crippen LogP contribution is -2.01. The molecular weight excluding hydrogens is 516 g/mol. The molecule has 5 aromatic rings. The average molecular weight is 545 g/mol. The van der Waals surface area contributed by atoms with Gasteiger partial charge in [0.2, 0.25) is 0 Å². The molecule has 0 fully saturated rings. The predicted octanol–water partition coefficient (Wildman–Crippen LogP) is 7.38. The molecule has 0 aliphatic rings. The number of benzene rings is 2. The molecule has 38 heavy (non-hydrogen) atoms. The lowest BCUT2D eigenvalue weighted by Gasteiger charge is -2.12. The third-order valence-electron chi connectivity index (χ3n) is 5.94. The number of carbonyl (C=O) groups is 1. The van der Waals surface area contributed by atoms with E-state index < -0.39 is 5.97 Å². The van der Waals surface area contributed by atoms with Crippen molar-refractivity contribution in [3.63, 3.8) is 0 Å². The van der Waals surface area contributed by atoms with E-state index in [1.807, 2.05) is 73.1 Å². The Bertz CT molecular complexity index is 1490. The SMILES string of the molecule is CCOc1cc(Cn2cc(CCC(=O)O)c(-c3ccccc3)c2)cc(OCc2csc(-c3cccs3)n2)c1. The van der Waals surface area contributed by atoms with Crippen LogP contribution in [0.2, 0.25) is 0 Å². The summed E-state index contributed by atoms with van der Waals surface area (Å²) in [5, 5.41) is 14.3. The zero-order valence-electron chi connectivity index (χ0n) is 21.0. The maximum atomic E-state index is 11.2. The van der Waals surface area contributed by atoms with Gasteiger partial charge in [-0.15, -0.1) is 22.7 Å². The summed E-state index contributed by atoms with van der Waals surface area (Å²) >= 11 is 3.30. The van der Waals surface area contributed by atoms with Crippen LogP contribution in [0.4, 0.5) is 0 Å². The quantitative estimate of drug-likeness (QED) is 0.177. The highest BCUT2D eigenvalue weighted by molar-refractivity contribution is 7.20. The Morgan fingerprint density at radius 2 is 1.82 bits per heavy atom. The number of aryl methyl sites for hydroxylation is 1. The lowest BCUT2D eigenvalue weighted by atomic mass is 10.0. The highest BCUT2D eigenvalue weighted by Crippen LogP contribution is 2.30. The van der Waals surface area contributed by atoms with Gasteiger partial charge >= 0.3 is 5.97 Å². The fourth-order valence-electron chi connectivity index (χ4n) is 4.28. The van der Waals surface area contributed by atoms with Gasteiger partial charge in [0, 0.05) is 42.4 Å². The molecule has 0 aliphatic heterocycles. The van der Waals surface area contributed by atoms with E-state index in [4.69, 9.17) is 14.5 Å². The van der Waals surface area contributed by atoms with Crippen molar-refractivity contribution in [3.05, 3.63) is 101 Å². The summed E-state index contributed by atoms with van der Waals surface area (Å²) in [7, 11) is 0. The monoisotopic (exact) mass is 544 g/mol. The van der Waals surface area contributed by atoms with Crippen LogP contribution >= 0.6 is 22.7 Å². The Labute approximate surface area is 229 Å². The average Bonchev–Trinajstić information content (AvgIpc) is 3.68. The van der Waals surface area contributed by atoms with Gasteiger partial charge in [-0.3, -0.25) is 4.79 Å². The zero-order valence-corrected chi connectivity index (χ0v) is 22.6. The summed E-state index contributed by atoms with van der Waals surface area (Å²) in [6.07, 6.45) is 4.69. The minimum absolute atomic E-state index is 0.0898. The maximum absolute atomic E-state index is 11.2. The number of aromatic nitrogens is 2. The van der Waals surface area contributed by atoms with E-state index in [0.29, 0.717) is 26.2 Å². The third-order valence-corrected chi connectivity index (χ3v) is 7.87. The van der Waals surface area contributed by atoms with Crippen molar-refractivity contribution in [1.29, 1.82) is 0 Å². The molecule has 0 unspecified atom stereocenters. The van der Waals surface area contributed by atoms with Gasteiger partial charge in [0.15, 0.2) is 0 Å². The van der Waals surface area contributed by atoms with Gasteiger partial charge in [-0.2, -0.15) is 0 Å². The van der Waals surface area contributed by atoms with Crippen molar-refractivity contribution in [2.75, 3.05) is 6.61 Å². The van der Waals surface area contributed by atoms with Crippen LogP contribution < -0.4 is 9.47 Å². The second-order valence-corrected chi connectivity index (χ2v) is 10.6. The van der Waals surface area contributed by atoms with Gasteiger partial charge < -0.3 is 19.1 Å². The molecule has 0 saturated heterocycles. The second-order valence-electron chi connectivity index (χ2n) is 8.78. The fraction of sp³-hybridized carbons (Fsp3) is 0.200. The third kappa shape index (κ3) is 6.51. The number of carboxylic acids is 1. The Morgan fingerprint density at radius 3 is 2.55 bits per heavy atom. The van der Waals surface area contributed by atoms with Crippen LogP contribution in [0.25, 0.3) is 21.0 Å². The summed E-state index contributed by atoms with van der Waals surface area (Å²) in [4.78, 5) is 17.1. The molecule has 0 spiro atoms. The number of hydrogen-bond acceptors (Lipinski definition) is 6. The summed E-state index contributed by atoms with van der Waals surface area (Å²) < 4.78 is 14.1. The second kappa shape index (κ2) is 12.1. The number of carboxylic acid groups (broad SMARTS) is 1.